The van der Waals surface area contributed by atoms with E-state index in [-0.39, 0.29) is 18.6 Å². The zero-order valence-electron chi connectivity index (χ0n) is 19.9. The lowest BCUT2D eigenvalue weighted by atomic mass is 10.2. The van der Waals surface area contributed by atoms with E-state index in [4.69, 9.17) is 9.47 Å². The molecule has 0 bridgehead atoms. The third kappa shape index (κ3) is 10.7. The van der Waals surface area contributed by atoms with Gasteiger partial charge in [0, 0.05) is 29.2 Å². The van der Waals surface area contributed by atoms with Crippen molar-refractivity contribution in [3.05, 3.63) is 96.1 Å². The summed E-state index contributed by atoms with van der Waals surface area (Å²) in [5.41, 5.74) is 3.28. The van der Waals surface area contributed by atoms with Crippen LogP contribution in [0.2, 0.25) is 0 Å². The summed E-state index contributed by atoms with van der Waals surface area (Å²) >= 11 is 1.74. The van der Waals surface area contributed by atoms with Crippen LogP contribution in [-0.2, 0) is 20.0 Å². The van der Waals surface area contributed by atoms with Gasteiger partial charge >= 0.3 is 6.09 Å². The number of thioether (sulfide) groups is 1. The molecule has 1 saturated heterocycles. The SMILES string of the molecule is Cc1ccccc1.O=C(CNC(=O)OC1CCOCC1)Nc1ccc(SCc2ccccc2)cc1. The van der Waals surface area contributed by atoms with Crippen molar-refractivity contribution in [2.45, 2.75) is 36.5 Å². The van der Waals surface area contributed by atoms with Crippen molar-refractivity contribution in [2.75, 3.05) is 25.1 Å². The predicted molar refractivity (Wildman–Crippen MR) is 141 cm³/mol. The Balaban J connectivity index is 0.000000420. The highest BCUT2D eigenvalue weighted by Crippen LogP contribution is 2.24. The topological polar surface area (TPSA) is 76.7 Å². The summed E-state index contributed by atoms with van der Waals surface area (Å²) in [6.07, 6.45) is 0.662. The Bertz CT molecular complexity index is 1020. The maximum atomic E-state index is 12.0. The summed E-state index contributed by atoms with van der Waals surface area (Å²) in [6, 6.07) is 28.2. The normalized spacial score (nSPS) is 13.2. The number of anilines is 1. The molecule has 3 aromatic rings. The third-order valence-electron chi connectivity index (χ3n) is 5.16. The molecule has 2 amide bonds. The molecule has 3 aromatic carbocycles. The van der Waals surface area contributed by atoms with Gasteiger partial charge in [0.05, 0.1) is 13.2 Å². The second-order valence-electron chi connectivity index (χ2n) is 8.07. The Labute approximate surface area is 211 Å². The van der Waals surface area contributed by atoms with Crippen LogP contribution >= 0.6 is 11.8 Å². The first-order chi connectivity index (χ1) is 17.1. The number of carbonyl (C=O) groups is 2. The molecule has 0 radical (unpaired) electrons. The highest BCUT2D eigenvalue weighted by Gasteiger charge is 2.18. The van der Waals surface area contributed by atoms with Crippen LogP contribution in [0.4, 0.5) is 10.5 Å². The summed E-state index contributed by atoms with van der Waals surface area (Å²) in [4.78, 5) is 24.9. The molecule has 0 aromatic heterocycles. The van der Waals surface area contributed by atoms with Crippen LogP contribution in [0.3, 0.4) is 0 Å². The van der Waals surface area contributed by atoms with E-state index in [2.05, 4.69) is 41.8 Å². The summed E-state index contributed by atoms with van der Waals surface area (Å²) in [5, 5.41) is 5.25. The number of hydrogen-bond donors (Lipinski definition) is 2. The minimum atomic E-state index is -0.574. The molecule has 1 aliphatic rings. The van der Waals surface area contributed by atoms with Gasteiger partial charge < -0.3 is 20.1 Å². The Kier molecular flexibility index (Phi) is 11.2. The van der Waals surface area contributed by atoms with Crippen molar-refractivity contribution in [1.82, 2.24) is 5.32 Å². The number of alkyl carbamates (subject to hydrolysis) is 1. The molecule has 1 aliphatic heterocycles. The molecule has 0 spiro atoms. The number of hydrogen-bond acceptors (Lipinski definition) is 5. The number of carbonyl (C=O) groups excluding carboxylic acids is 2. The smallest absolute Gasteiger partial charge is 0.407 e. The van der Waals surface area contributed by atoms with Gasteiger partial charge in [0.15, 0.2) is 0 Å². The van der Waals surface area contributed by atoms with E-state index in [0.29, 0.717) is 31.7 Å². The average molecular weight is 493 g/mol. The molecular formula is C28H32N2O4S. The summed E-state index contributed by atoms with van der Waals surface area (Å²) < 4.78 is 10.5. The fourth-order valence-electron chi connectivity index (χ4n) is 3.25. The highest BCUT2D eigenvalue weighted by molar-refractivity contribution is 7.98. The van der Waals surface area contributed by atoms with Crippen LogP contribution in [0.15, 0.2) is 89.8 Å². The maximum absolute atomic E-state index is 12.0. The number of benzene rings is 3. The molecule has 2 N–H and O–H groups in total. The first-order valence-corrected chi connectivity index (χ1v) is 12.7. The molecule has 7 heteroatoms. The average Bonchev–Trinajstić information content (AvgIpc) is 2.89. The van der Waals surface area contributed by atoms with Crippen LogP contribution in [0.1, 0.15) is 24.0 Å². The molecule has 4 rings (SSSR count). The predicted octanol–water partition coefficient (Wildman–Crippen LogP) is 5.82. The first kappa shape index (κ1) is 26.3. The van der Waals surface area contributed by atoms with Crippen molar-refractivity contribution < 1.29 is 19.1 Å². The maximum Gasteiger partial charge on any atom is 0.407 e. The van der Waals surface area contributed by atoms with Crippen LogP contribution < -0.4 is 10.6 Å². The van der Waals surface area contributed by atoms with Crippen LogP contribution in [0, 0.1) is 6.92 Å². The van der Waals surface area contributed by atoms with Crippen molar-refractivity contribution >= 4 is 29.4 Å². The van der Waals surface area contributed by atoms with Crippen molar-refractivity contribution in [3.63, 3.8) is 0 Å². The molecule has 184 valence electrons. The van der Waals surface area contributed by atoms with E-state index in [1.807, 2.05) is 60.7 Å². The Morgan fingerprint density at radius 3 is 2.14 bits per heavy atom. The zero-order valence-corrected chi connectivity index (χ0v) is 20.8. The van der Waals surface area contributed by atoms with Gasteiger partial charge in [-0.05, 0) is 36.8 Å². The standard InChI is InChI=1S/C21H24N2O4S.C7H8/c24-20(14-22-21(25)27-18-10-12-26-13-11-18)23-17-6-8-19(9-7-17)28-15-16-4-2-1-3-5-16;1-7-5-3-2-4-6-7/h1-9,18H,10-15H2,(H,22,25)(H,23,24);2-6H,1H3. The zero-order chi connectivity index (χ0) is 24.7. The molecule has 1 heterocycles. The number of rotatable bonds is 7. The number of amides is 2. The molecular weight excluding hydrogens is 460 g/mol. The Hall–Kier alpha value is -3.29. The Morgan fingerprint density at radius 2 is 1.54 bits per heavy atom. The van der Waals surface area contributed by atoms with Crippen LogP contribution in [0.25, 0.3) is 0 Å². The Morgan fingerprint density at radius 1 is 0.914 bits per heavy atom. The van der Waals surface area contributed by atoms with Crippen molar-refractivity contribution in [2.24, 2.45) is 0 Å². The minimum Gasteiger partial charge on any atom is -0.446 e. The quantitative estimate of drug-likeness (QED) is 0.407. The van der Waals surface area contributed by atoms with E-state index in [0.717, 1.165) is 10.6 Å². The summed E-state index contributed by atoms with van der Waals surface area (Å²) in [7, 11) is 0. The summed E-state index contributed by atoms with van der Waals surface area (Å²) in [6.45, 7) is 3.14. The van der Waals surface area contributed by atoms with Gasteiger partial charge in [-0.25, -0.2) is 4.79 Å². The molecule has 0 aliphatic carbocycles. The number of ether oxygens (including phenoxy) is 2. The molecule has 35 heavy (non-hydrogen) atoms. The fraction of sp³-hybridized carbons (Fsp3) is 0.286. The lowest BCUT2D eigenvalue weighted by molar-refractivity contribution is -0.115. The third-order valence-corrected chi connectivity index (χ3v) is 6.25. The van der Waals surface area contributed by atoms with E-state index in [9.17, 15) is 9.59 Å². The fourth-order valence-corrected chi connectivity index (χ4v) is 4.11. The molecule has 1 fully saturated rings. The molecule has 0 saturated carbocycles. The van der Waals surface area contributed by atoms with Gasteiger partial charge in [-0.15, -0.1) is 11.8 Å². The highest BCUT2D eigenvalue weighted by atomic mass is 32.2. The van der Waals surface area contributed by atoms with Crippen LogP contribution in [0.5, 0.6) is 0 Å². The number of aryl methyl sites for hydroxylation is 1. The summed E-state index contributed by atoms with van der Waals surface area (Å²) in [5.74, 6) is 0.597. The van der Waals surface area contributed by atoms with Crippen molar-refractivity contribution in [1.29, 1.82) is 0 Å². The van der Waals surface area contributed by atoms with Crippen LogP contribution in [-0.4, -0.2) is 37.9 Å². The van der Waals surface area contributed by atoms with Gasteiger partial charge in [-0.1, -0.05) is 66.2 Å². The second-order valence-corrected chi connectivity index (χ2v) is 9.12. The van der Waals surface area contributed by atoms with Gasteiger partial charge in [0.25, 0.3) is 0 Å². The number of nitrogens with one attached hydrogen (secondary N) is 2. The first-order valence-electron chi connectivity index (χ1n) is 11.7. The van der Waals surface area contributed by atoms with Gasteiger partial charge in [0.1, 0.15) is 12.6 Å². The lowest BCUT2D eigenvalue weighted by Crippen LogP contribution is -2.36. The largest absolute Gasteiger partial charge is 0.446 e. The van der Waals surface area contributed by atoms with Gasteiger partial charge in [-0.2, -0.15) is 0 Å². The van der Waals surface area contributed by atoms with E-state index < -0.39 is 6.09 Å². The van der Waals surface area contributed by atoms with E-state index >= 15 is 0 Å². The van der Waals surface area contributed by atoms with E-state index in [1.165, 1.54) is 11.1 Å². The molecule has 0 atom stereocenters. The van der Waals surface area contributed by atoms with Gasteiger partial charge in [-0.3, -0.25) is 4.79 Å². The van der Waals surface area contributed by atoms with E-state index in [1.54, 1.807) is 11.8 Å². The lowest BCUT2D eigenvalue weighted by Gasteiger charge is -2.22. The van der Waals surface area contributed by atoms with Crippen molar-refractivity contribution in [3.8, 4) is 0 Å². The monoisotopic (exact) mass is 492 g/mol. The second kappa shape index (κ2) is 14.9. The molecule has 0 unspecified atom stereocenters. The molecule has 6 nitrogen and oxygen atoms in total. The van der Waals surface area contributed by atoms with Gasteiger partial charge in [0.2, 0.25) is 5.91 Å². The minimum absolute atomic E-state index is 0.132.